The van der Waals surface area contributed by atoms with Gasteiger partial charge in [0, 0.05) is 23.8 Å². The fourth-order valence-electron chi connectivity index (χ4n) is 4.21. The molecule has 0 spiro atoms. The highest BCUT2D eigenvalue weighted by Crippen LogP contribution is 2.45. The van der Waals surface area contributed by atoms with Gasteiger partial charge in [-0.15, -0.1) is 0 Å². The number of carbonyl (C=O) groups is 2. The molecule has 0 radical (unpaired) electrons. The van der Waals surface area contributed by atoms with Crippen molar-refractivity contribution in [2.75, 3.05) is 29.6 Å². The van der Waals surface area contributed by atoms with Crippen molar-refractivity contribution in [1.82, 2.24) is 0 Å². The number of anilines is 2. The number of amides is 2. The average molecular weight is 422 g/mol. The number of aliphatic hydroxyl groups excluding tert-OH is 1. The molecule has 2 aliphatic rings. The van der Waals surface area contributed by atoms with E-state index in [9.17, 15) is 14.7 Å². The highest BCUT2D eigenvalue weighted by atomic mass is 16.6. The second-order valence-corrected chi connectivity index (χ2v) is 7.84. The Labute approximate surface area is 181 Å². The van der Waals surface area contributed by atoms with Crippen LogP contribution in [0, 0.1) is 5.92 Å². The Kier molecular flexibility index (Phi) is 5.80. The average Bonchev–Trinajstić information content (AvgIpc) is 3.30. The first-order valence-electron chi connectivity index (χ1n) is 10.4. The summed E-state index contributed by atoms with van der Waals surface area (Å²) in [6, 6.07) is 14.7. The summed E-state index contributed by atoms with van der Waals surface area (Å²) < 4.78 is 5.02. The van der Waals surface area contributed by atoms with Crippen LogP contribution in [-0.4, -0.2) is 42.0 Å². The third-order valence-corrected chi connectivity index (χ3v) is 5.88. The molecule has 2 aromatic rings. The molecule has 0 unspecified atom stereocenters. The van der Waals surface area contributed by atoms with E-state index in [1.54, 1.807) is 34.9 Å². The van der Waals surface area contributed by atoms with E-state index in [1.165, 1.54) is 0 Å². The van der Waals surface area contributed by atoms with Crippen LogP contribution in [0.4, 0.5) is 16.2 Å². The summed E-state index contributed by atoms with van der Waals surface area (Å²) in [5.74, 6) is -0.857. The Balaban J connectivity index is 1.64. The number of hydrogen-bond acceptors (Lipinski definition) is 5. The first-order valence-corrected chi connectivity index (χ1v) is 10.4. The Hall–Kier alpha value is -3.16. The molecule has 7 heteroatoms. The molecule has 2 aliphatic heterocycles. The summed E-state index contributed by atoms with van der Waals surface area (Å²) in [4.78, 5) is 28.5. The number of para-hydroxylation sites is 1. The van der Waals surface area contributed by atoms with E-state index in [4.69, 9.17) is 9.84 Å². The van der Waals surface area contributed by atoms with E-state index >= 15 is 0 Å². The van der Waals surface area contributed by atoms with Gasteiger partial charge in [-0.25, -0.2) is 4.79 Å². The lowest BCUT2D eigenvalue weighted by atomic mass is 9.83. The predicted octanol–water partition coefficient (Wildman–Crippen LogP) is 2.95. The van der Waals surface area contributed by atoms with Crippen molar-refractivity contribution in [2.45, 2.75) is 25.5 Å². The Morgan fingerprint density at radius 2 is 2.00 bits per heavy atom. The molecular weight excluding hydrogens is 396 g/mol. The van der Waals surface area contributed by atoms with E-state index in [2.05, 4.69) is 0 Å². The van der Waals surface area contributed by atoms with Crippen LogP contribution in [0.15, 0.2) is 60.7 Å². The summed E-state index contributed by atoms with van der Waals surface area (Å²) in [5.41, 5.74) is 1.12. The molecule has 0 saturated carbocycles. The molecule has 2 N–H and O–H groups in total. The van der Waals surface area contributed by atoms with Crippen molar-refractivity contribution in [3.63, 3.8) is 0 Å². The van der Waals surface area contributed by atoms with E-state index < -0.39 is 11.5 Å². The molecule has 0 aromatic heterocycles. The molecule has 1 fully saturated rings. The number of fused-ring (bicyclic) bond motifs is 1. The van der Waals surface area contributed by atoms with Gasteiger partial charge in [-0.2, -0.15) is 0 Å². The maximum atomic E-state index is 13.5. The zero-order valence-corrected chi connectivity index (χ0v) is 17.4. The molecule has 162 valence electrons. The lowest BCUT2D eigenvalue weighted by Crippen LogP contribution is -2.44. The van der Waals surface area contributed by atoms with Gasteiger partial charge in [0.05, 0.1) is 18.8 Å². The fourth-order valence-corrected chi connectivity index (χ4v) is 4.21. The number of cyclic esters (lactones) is 1. The summed E-state index contributed by atoms with van der Waals surface area (Å²) in [6.45, 7) is 2.92. The summed E-state index contributed by atoms with van der Waals surface area (Å²) >= 11 is 0. The predicted molar refractivity (Wildman–Crippen MR) is 117 cm³/mol. The van der Waals surface area contributed by atoms with Gasteiger partial charge in [0.15, 0.2) is 5.60 Å². The largest absolute Gasteiger partial charge is 0.447 e. The van der Waals surface area contributed by atoms with Crippen molar-refractivity contribution < 1.29 is 24.5 Å². The van der Waals surface area contributed by atoms with Gasteiger partial charge in [0.2, 0.25) is 0 Å². The van der Waals surface area contributed by atoms with Crippen LogP contribution < -0.4 is 9.80 Å². The van der Waals surface area contributed by atoms with Crippen LogP contribution in [-0.2, 0) is 21.7 Å². The van der Waals surface area contributed by atoms with Crippen molar-refractivity contribution in [3.8, 4) is 0 Å². The van der Waals surface area contributed by atoms with Gasteiger partial charge in [0.25, 0.3) is 5.91 Å². The zero-order valence-electron chi connectivity index (χ0n) is 17.4. The third kappa shape index (κ3) is 3.71. The van der Waals surface area contributed by atoms with E-state index in [0.717, 1.165) is 11.3 Å². The minimum Gasteiger partial charge on any atom is -0.447 e. The maximum Gasteiger partial charge on any atom is 0.414 e. The second-order valence-electron chi connectivity index (χ2n) is 7.84. The molecule has 0 aliphatic carbocycles. The minimum absolute atomic E-state index is 0.0131. The molecular formula is C24H26N2O5. The van der Waals surface area contributed by atoms with Gasteiger partial charge in [-0.1, -0.05) is 49.4 Å². The molecule has 2 amide bonds. The number of ether oxygens (including phenoxy) is 1. The van der Waals surface area contributed by atoms with Crippen LogP contribution >= 0.6 is 0 Å². The standard InChI is InChI=1S/C24H26N2O5/c1-17(7-4-5-13-27)24(30)20-10-2-3-11-21(20)26(22(24)28)16-18-8-6-9-19(15-18)25-12-14-31-23(25)29/h2-4,6-11,15,17,27,30H,5,12-14,16H2,1H3/b7-4+/t17-,24+/m1/s1. The maximum absolute atomic E-state index is 13.5. The van der Waals surface area contributed by atoms with Crippen LogP contribution in [0.1, 0.15) is 24.5 Å². The zero-order chi connectivity index (χ0) is 22.0. The normalized spacial score (nSPS) is 21.6. The molecule has 0 bridgehead atoms. The first kappa shape index (κ1) is 21.1. The number of hydrogen-bond donors (Lipinski definition) is 2. The van der Waals surface area contributed by atoms with Crippen molar-refractivity contribution in [3.05, 3.63) is 71.8 Å². The Bertz CT molecular complexity index is 1020. The van der Waals surface area contributed by atoms with E-state index in [0.29, 0.717) is 30.8 Å². The van der Waals surface area contributed by atoms with Crippen molar-refractivity contribution in [2.24, 2.45) is 5.92 Å². The van der Waals surface area contributed by atoms with Gasteiger partial charge in [-0.05, 0) is 30.2 Å². The number of nitrogens with zero attached hydrogens (tertiary/aromatic N) is 2. The summed E-state index contributed by atoms with van der Waals surface area (Å²) in [6.07, 6.45) is 3.64. The highest BCUT2D eigenvalue weighted by molar-refractivity contribution is 6.07. The molecule has 31 heavy (non-hydrogen) atoms. The first-order chi connectivity index (χ1) is 15.0. The minimum atomic E-state index is -1.68. The van der Waals surface area contributed by atoms with Gasteiger partial charge < -0.3 is 19.8 Å². The van der Waals surface area contributed by atoms with Gasteiger partial charge in [0.1, 0.15) is 6.61 Å². The van der Waals surface area contributed by atoms with E-state index in [-0.39, 0.29) is 25.2 Å². The number of rotatable bonds is 7. The smallest absolute Gasteiger partial charge is 0.414 e. The van der Waals surface area contributed by atoms with Crippen LogP contribution in [0.2, 0.25) is 0 Å². The highest BCUT2D eigenvalue weighted by Gasteiger charge is 2.52. The topological polar surface area (TPSA) is 90.3 Å². The van der Waals surface area contributed by atoms with Crippen molar-refractivity contribution >= 4 is 23.4 Å². The van der Waals surface area contributed by atoms with Crippen molar-refractivity contribution in [1.29, 1.82) is 0 Å². The van der Waals surface area contributed by atoms with Gasteiger partial charge >= 0.3 is 6.09 Å². The molecule has 2 atom stereocenters. The molecule has 4 rings (SSSR count). The van der Waals surface area contributed by atoms with E-state index in [1.807, 2.05) is 42.5 Å². The van der Waals surface area contributed by atoms with Gasteiger partial charge in [-0.3, -0.25) is 9.69 Å². The molecule has 2 heterocycles. The van der Waals surface area contributed by atoms with Crippen LogP contribution in [0.5, 0.6) is 0 Å². The monoisotopic (exact) mass is 422 g/mol. The lowest BCUT2D eigenvalue weighted by molar-refractivity contribution is -0.139. The third-order valence-electron chi connectivity index (χ3n) is 5.88. The summed E-state index contributed by atoms with van der Waals surface area (Å²) in [5, 5.41) is 20.5. The fraction of sp³-hybridized carbons (Fsp3) is 0.333. The Morgan fingerprint density at radius 3 is 2.74 bits per heavy atom. The second kappa shape index (κ2) is 8.53. The quantitative estimate of drug-likeness (QED) is 0.670. The lowest BCUT2D eigenvalue weighted by Gasteiger charge is -2.27. The molecule has 2 aromatic carbocycles. The van der Waals surface area contributed by atoms with Crippen LogP contribution in [0.25, 0.3) is 0 Å². The number of aliphatic hydroxyl groups is 2. The summed E-state index contributed by atoms with van der Waals surface area (Å²) in [7, 11) is 0. The van der Waals surface area contributed by atoms with Crippen LogP contribution in [0.3, 0.4) is 0 Å². The number of carbonyl (C=O) groups excluding carboxylic acids is 2. The molecule has 7 nitrogen and oxygen atoms in total. The molecule has 1 saturated heterocycles. The Morgan fingerprint density at radius 1 is 1.19 bits per heavy atom. The number of benzene rings is 2. The SMILES string of the molecule is C[C@H](/C=C/CCO)[C@@]1(O)C(=O)N(Cc2cccc(N3CCOC3=O)c2)c2ccccc21.